The third-order valence-electron chi connectivity index (χ3n) is 2.19. The van der Waals surface area contributed by atoms with Crippen molar-refractivity contribution in [2.24, 2.45) is 0 Å². The number of rotatable bonds is 2. The molecular formula is C12H7N2O2. The van der Waals surface area contributed by atoms with E-state index in [0.29, 0.717) is 11.6 Å². The Balaban J connectivity index is 1.99. The number of nitrogens with zero attached hydrogens (tertiary/aromatic N) is 2. The fourth-order valence-corrected chi connectivity index (χ4v) is 1.48. The van der Waals surface area contributed by atoms with E-state index >= 15 is 0 Å². The van der Waals surface area contributed by atoms with Gasteiger partial charge in [-0.25, -0.2) is 0 Å². The van der Waals surface area contributed by atoms with Crippen molar-refractivity contribution >= 4 is 10.8 Å². The maximum atomic E-state index is 5.43. The largest absolute Gasteiger partial charge is 0.435 e. The molecule has 1 heterocycles. The first-order valence-corrected chi connectivity index (χ1v) is 4.77. The third kappa shape index (κ3) is 1.61. The highest BCUT2D eigenvalue weighted by atomic mass is 16.5. The molecule has 77 valence electrons. The second kappa shape index (κ2) is 3.66. The van der Waals surface area contributed by atoms with Crippen LogP contribution in [0, 0.1) is 6.07 Å². The van der Waals surface area contributed by atoms with Gasteiger partial charge in [0.15, 0.2) is 6.26 Å². The fraction of sp³-hybridized carbons (Fsp3) is 0. The summed E-state index contributed by atoms with van der Waals surface area (Å²) < 4.78 is 10.0. The molecule has 4 nitrogen and oxygen atoms in total. The Bertz CT molecular complexity index is 605. The van der Waals surface area contributed by atoms with E-state index in [2.05, 4.69) is 21.0 Å². The van der Waals surface area contributed by atoms with E-state index < -0.39 is 0 Å². The van der Waals surface area contributed by atoms with Crippen LogP contribution in [0.3, 0.4) is 0 Å². The predicted molar refractivity (Wildman–Crippen MR) is 57.2 cm³/mol. The molecule has 3 aromatic rings. The summed E-state index contributed by atoms with van der Waals surface area (Å²) in [5.74, 6) is 0.998. The lowest BCUT2D eigenvalue weighted by Gasteiger charge is -2.02. The van der Waals surface area contributed by atoms with Gasteiger partial charge in [0.25, 0.3) is 5.88 Å². The fourth-order valence-electron chi connectivity index (χ4n) is 1.48. The SMILES string of the molecule is [c]1cc(Oc2conn2)cc2ccccc12. The van der Waals surface area contributed by atoms with Gasteiger partial charge in [0.2, 0.25) is 0 Å². The van der Waals surface area contributed by atoms with Crippen molar-refractivity contribution in [1.82, 2.24) is 10.4 Å². The molecule has 0 saturated carbocycles. The highest BCUT2D eigenvalue weighted by molar-refractivity contribution is 5.83. The van der Waals surface area contributed by atoms with Gasteiger partial charge in [0.1, 0.15) is 5.75 Å². The predicted octanol–water partition coefficient (Wildman–Crippen LogP) is 2.82. The number of hydrogen-bond acceptors (Lipinski definition) is 4. The van der Waals surface area contributed by atoms with Crippen LogP contribution in [0.2, 0.25) is 0 Å². The molecule has 3 rings (SSSR count). The topological polar surface area (TPSA) is 48.2 Å². The van der Waals surface area contributed by atoms with Gasteiger partial charge >= 0.3 is 0 Å². The quantitative estimate of drug-likeness (QED) is 0.653. The first kappa shape index (κ1) is 8.91. The smallest absolute Gasteiger partial charge is 0.280 e. The van der Waals surface area contributed by atoms with E-state index in [1.54, 1.807) is 6.07 Å². The molecule has 0 amide bonds. The Labute approximate surface area is 91.4 Å². The molecule has 0 bridgehead atoms. The van der Waals surface area contributed by atoms with Crippen molar-refractivity contribution < 1.29 is 9.26 Å². The standard InChI is InChI=1S/C12H7N2O2/c1-2-4-10-7-11(6-5-9(10)3-1)16-12-8-15-14-13-12/h1-4,6-8H. The molecule has 16 heavy (non-hydrogen) atoms. The van der Waals surface area contributed by atoms with E-state index in [1.807, 2.05) is 30.3 Å². The molecule has 4 heteroatoms. The van der Waals surface area contributed by atoms with Crippen LogP contribution in [-0.2, 0) is 0 Å². The average Bonchev–Trinajstić information content (AvgIpc) is 2.82. The first-order chi connectivity index (χ1) is 7.92. The van der Waals surface area contributed by atoms with Gasteiger partial charge in [-0.2, -0.15) is 0 Å². The van der Waals surface area contributed by atoms with Crippen LogP contribution in [0.25, 0.3) is 10.8 Å². The summed E-state index contributed by atoms with van der Waals surface area (Å²) in [6, 6.07) is 14.7. The zero-order valence-corrected chi connectivity index (χ0v) is 8.25. The van der Waals surface area contributed by atoms with Crippen molar-refractivity contribution in [3.63, 3.8) is 0 Å². The summed E-state index contributed by atoms with van der Waals surface area (Å²) in [5.41, 5.74) is 0. The van der Waals surface area contributed by atoms with E-state index in [1.165, 1.54) is 6.26 Å². The van der Waals surface area contributed by atoms with Gasteiger partial charge in [-0.05, 0) is 29.0 Å². The highest BCUT2D eigenvalue weighted by Crippen LogP contribution is 2.23. The lowest BCUT2D eigenvalue weighted by atomic mass is 10.1. The van der Waals surface area contributed by atoms with Gasteiger partial charge in [0, 0.05) is 5.27 Å². The van der Waals surface area contributed by atoms with Gasteiger partial charge in [-0.15, -0.1) is 0 Å². The Hall–Kier alpha value is -2.36. The second-order valence-electron chi connectivity index (χ2n) is 3.27. The molecule has 0 saturated heterocycles. The minimum absolute atomic E-state index is 0.337. The summed E-state index contributed by atoms with van der Waals surface area (Å²) in [5, 5.41) is 9.07. The van der Waals surface area contributed by atoms with E-state index in [0.717, 1.165) is 10.8 Å². The Kier molecular flexibility index (Phi) is 2.04. The molecule has 0 aliphatic heterocycles. The van der Waals surface area contributed by atoms with Gasteiger partial charge in [-0.3, -0.25) is 0 Å². The molecule has 2 aromatic carbocycles. The second-order valence-corrected chi connectivity index (χ2v) is 3.27. The number of aromatic nitrogens is 2. The monoisotopic (exact) mass is 211 g/mol. The summed E-state index contributed by atoms with van der Waals surface area (Å²) in [4.78, 5) is 0. The molecule has 0 N–H and O–H groups in total. The number of benzene rings is 2. The number of fused-ring (bicyclic) bond motifs is 1. The highest BCUT2D eigenvalue weighted by Gasteiger charge is 2.01. The zero-order valence-electron chi connectivity index (χ0n) is 8.25. The van der Waals surface area contributed by atoms with Gasteiger partial charge in [0.05, 0.1) is 0 Å². The number of ether oxygens (including phenoxy) is 1. The molecule has 0 atom stereocenters. The third-order valence-corrected chi connectivity index (χ3v) is 2.19. The van der Waals surface area contributed by atoms with Crippen LogP contribution in [0.4, 0.5) is 0 Å². The van der Waals surface area contributed by atoms with Crippen LogP contribution < -0.4 is 4.74 Å². The van der Waals surface area contributed by atoms with Crippen molar-refractivity contribution in [1.29, 1.82) is 0 Å². The molecule has 1 radical (unpaired) electrons. The van der Waals surface area contributed by atoms with E-state index in [4.69, 9.17) is 4.74 Å². The van der Waals surface area contributed by atoms with Crippen LogP contribution in [0.5, 0.6) is 11.6 Å². The zero-order chi connectivity index (χ0) is 10.8. The maximum absolute atomic E-state index is 5.43. The van der Waals surface area contributed by atoms with Crippen molar-refractivity contribution in [2.75, 3.05) is 0 Å². The molecular weight excluding hydrogens is 204 g/mol. The molecule has 1 aromatic heterocycles. The lowest BCUT2D eigenvalue weighted by Crippen LogP contribution is -1.84. The van der Waals surface area contributed by atoms with Crippen LogP contribution in [0.15, 0.2) is 47.2 Å². The van der Waals surface area contributed by atoms with E-state index in [9.17, 15) is 0 Å². The van der Waals surface area contributed by atoms with Crippen molar-refractivity contribution in [2.45, 2.75) is 0 Å². The molecule has 0 unspecified atom stereocenters. The van der Waals surface area contributed by atoms with Gasteiger partial charge < -0.3 is 9.26 Å². The number of hydrogen-bond donors (Lipinski definition) is 0. The summed E-state index contributed by atoms with van der Waals surface area (Å²) >= 11 is 0. The van der Waals surface area contributed by atoms with Crippen LogP contribution in [-0.4, -0.2) is 10.4 Å². The van der Waals surface area contributed by atoms with E-state index in [-0.39, 0.29) is 0 Å². The molecule has 0 aliphatic rings. The molecule has 0 spiro atoms. The van der Waals surface area contributed by atoms with Crippen molar-refractivity contribution in [3.8, 4) is 11.6 Å². The summed E-state index contributed by atoms with van der Waals surface area (Å²) in [7, 11) is 0. The molecule has 0 fully saturated rings. The van der Waals surface area contributed by atoms with Crippen LogP contribution >= 0.6 is 0 Å². The van der Waals surface area contributed by atoms with Gasteiger partial charge in [-0.1, -0.05) is 29.4 Å². The minimum Gasteiger partial charge on any atom is -0.435 e. The normalized spacial score (nSPS) is 10.5. The Morgan fingerprint density at radius 3 is 3.06 bits per heavy atom. The summed E-state index contributed by atoms with van der Waals surface area (Å²) in [6.07, 6.45) is 1.34. The van der Waals surface area contributed by atoms with Crippen LogP contribution in [0.1, 0.15) is 0 Å². The first-order valence-electron chi connectivity index (χ1n) is 4.77. The maximum Gasteiger partial charge on any atom is 0.280 e. The average molecular weight is 211 g/mol. The Morgan fingerprint density at radius 2 is 2.19 bits per heavy atom. The minimum atomic E-state index is 0.337. The Morgan fingerprint density at radius 1 is 1.25 bits per heavy atom. The van der Waals surface area contributed by atoms with Crippen molar-refractivity contribution in [3.05, 3.63) is 48.7 Å². The molecule has 0 aliphatic carbocycles. The summed E-state index contributed by atoms with van der Waals surface area (Å²) in [6.45, 7) is 0. The lowest BCUT2D eigenvalue weighted by molar-refractivity contribution is 0.392.